The zero-order valence-electron chi connectivity index (χ0n) is 17.5. The van der Waals surface area contributed by atoms with Gasteiger partial charge in [0.2, 0.25) is 0 Å². The van der Waals surface area contributed by atoms with Crippen molar-refractivity contribution in [1.82, 2.24) is 14.5 Å². The van der Waals surface area contributed by atoms with Gasteiger partial charge < -0.3 is 18.8 Å². The predicted molar refractivity (Wildman–Crippen MR) is 114 cm³/mol. The van der Waals surface area contributed by atoms with Crippen molar-refractivity contribution in [3.8, 4) is 5.75 Å². The van der Waals surface area contributed by atoms with Gasteiger partial charge in [-0.3, -0.25) is 4.79 Å². The molecule has 3 aromatic rings. The zero-order valence-corrected chi connectivity index (χ0v) is 17.5. The molecule has 160 valence electrons. The highest BCUT2D eigenvalue weighted by atomic mass is 16.7. The maximum atomic E-state index is 12.7. The lowest BCUT2D eigenvalue weighted by molar-refractivity contribution is -0.212. The third-order valence-electron chi connectivity index (χ3n) is 5.93. The molecule has 0 unspecified atom stereocenters. The maximum absolute atomic E-state index is 12.7. The van der Waals surface area contributed by atoms with Crippen molar-refractivity contribution in [3.05, 3.63) is 87.9 Å². The van der Waals surface area contributed by atoms with Crippen molar-refractivity contribution in [3.63, 3.8) is 0 Å². The molecule has 0 radical (unpaired) electrons. The Hall–Kier alpha value is -3.03. The number of aromatic nitrogens is 3. The molecule has 7 nitrogen and oxygen atoms in total. The second-order valence-electron chi connectivity index (χ2n) is 8.41. The normalized spacial score (nSPS) is 17.6. The molecule has 1 aliphatic carbocycles. The summed E-state index contributed by atoms with van der Waals surface area (Å²) in [7, 11) is 0. The first kappa shape index (κ1) is 19.9. The van der Waals surface area contributed by atoms with E-state index in [-0.39, 0.29) is 18.5 Å². The summed E-state index contributed by atoms with van der Waals surface area (Å²) in [6.45, 7) is 4.16. The molecular weight excluding hydrogens is 394 g/mol. The van der Waals surface area contributed by atoms with Crippen LogP contribution in [0, 0.1) is 12.3 Å². The van der Waals surface area contributed by atoms with Crippen molar-refractivity contribution >= 4 is 0 Å². The Labute approximate surface area is 180 Å². The summed E-state index contributed by atoms with van der Waals surface area (Å²) in [6, 6.07) is 13.2. The van der Waals surface area contributed by atoms with Gasteiger partial charge in [-0.25, -0.2) is 9.97 Å². The Morgan fingerprint density at radius 2 is 1.81 bits per heavy atom. The average Bonchev–Trinajstić information content (AvgIpc) is 3.55. The number of benzene rings is 1. The van der Waals surface area contributed by atoms with Gasteiger partial charge >= 0.3 is 0 Å². The molecule has 2 aromatic heterocycles. The molecule has 5 rings (SSSR count). The van der Waals surface area contributed by atoms with E-state index in [0.717, 1.165) is 30.0 Å². The summed E-state index contributed by atoms with van der Waals surface area (Å²) in [4.78, 5) is 20.9. The molecule has 0 atom stereocenters. The van der Waals surface area contributed by atoms with Crippen LogP contribution in [0.4, 0.5) is 0 Å². The van der Waals surface area contributed by atoms with Crippen molar-refractivity contribution in [2.45, 2.75) is 39.2 Å². The van der Waals surface area contributed by atoms with Crippen LogP contribution < -0.4 is 10.3 Å². The Morgan fingerprint density at radius 3 is 2.45 bits per heavy atom. The minimum Gasteiger partial charge on any atom is -0.485 e. The number of ether oxygens (including phenoxy) is 3. The van der Waals surface area contributed by atoms with Gasteiger partial charge in [-0.15, -0.1) is 0 Å². The first-order chi connectivity index (χ1) is 15.1. The van der Waals surface area contributed by atoms with Crippen LogP contribution in [-0.4, -0.2) is 27.7 Å². The number of aryl methyl sites for hydroxylation is 1. The Bertz CT molecular complexity index is 1100. The minimum absolute atomic E-state index is 0.110. The third kappa shape index (κ3) is 4.52. The number of hydrogen-bond donors (Lipinski definition) is 0. The summed E-state index contributed by atoms with van der Waals surface area (Å²) < 4.78 is 19.2. The van der Waals surface area contributed by atoms with Crippen molar-refractivity contribution < 1.29 is 14.2 Å². The molecule has 1 spiro atoms. The zero-order chi connectivity index (χ0) is 21.3. The second kappa shape index (κ2) is 8.24. The van der Waals surface area contributed by atoms with Gasteiger partial charge in [0.05, 0.1) is 19.8 Å². The number of hydrogen-bond acceptors (Lipinski definition) is 6. The van der Waals surface area contributed by atoms with E-state index in [0.29, 0.717) is 23.5 Å². The van der Waals surface area contributed by atoms with Gasteiger partial charge in [-0.05, 0) is 37.5 Å². The molecular formula is C24H25N3O4. The highest BCUT2D eigenvalue weighted by Crippen LogP contribution is 2.50. The molecule has 1 saturated heterocycles. The van der Waals surface area contributed by atoms with Crippen LogP contribution in [0.15, 0.2) is 59.7 Å². The first-order valence-corrected chi connectivity index (χ1v) is 10.5. The second-order valence-corrected chi connectivity index (χ2v) is 8.41. The van der Waals surface area contributed by atoms with Gasteiger partial charge in [0.1, 0.15) is 12.4 Å². The van der Waals surface area contributed by atoms with E-state index in [1.807, 2.05) is 37.3 Å². The highest BCUT2D eigenvalue weighted by Gasteiger charge is 2.47. The van der Waals surface area contributed by atoms with Crippen LogP contribution >= 0.6 is 0 Å². The molecule has 0 amide bonds. The molecule has 1 aliphatic heterocycles. The predicted octanol–water partition coefficient (Wildman–Crippen LogP) is 3.40. The highest BCUT2D eigenvalue weighted by molar-refractivity contribution is 5.27. The van der Waals surface area contributed by atoms with Crippen LogP contribution in [0.2, 0.25) is 0 Å². The molecule has 2 fully saturated rings. The van der Waals surface area contributed by atoms with E-state index in [1.165, 1.54) is 18.9 Å². The van der Waals surface area contributed by atoms with E-state index >= 15 is 0 Å². The topological polar surface area (TPSA) is 75.5 Å². The van der Waals surface area contributed by atoms with Crippen LogP contribution in [-0.2, 0) is 22.6 Å². The first-order valence-electron chi connectivity index (χ1n) is 10.5. The Balaban J connectivity index is 1.23. The molecule has 7 heteroatoms. The SMILES string of the molecule is Cc1cc(OCc2ncccn2)cc(=O)n1Cc1ccc(C2OCC3(CC3)CO2)cc1. The lowest BCUT2D eigenvalue weighted by Gasteiger charge is -2.29. The van der Waals surface area contributed by atoms with E-state index < -0.39 is 0 Å². The fraction of sp³-hybridized carbons (Fsp3) is 0.375. The van der Waals surface area contributed by atoms with Gasteiger partial charge in [0, 0.05) is 35.1 Å². The summed E-state index contributed by atoms with van der Waals surface area (Å²) in [5.41, 5.74) is 3.06. The number of pyridine rings is 1. The number of nitrogens with zero attached hydrogens (tertiary/aromatic N) is 3. The van der Waals surface area contributed by atoms with E-state index in [1.54, 1.807) is 23.0 Å². The fourth-order valence-corrected chi connectivity index (χ4v) is 3.75. The van der Waals surface area contributed by atoms with Crippen LogP contribution in [0.3, 0.4) is 0 Å². The Morgan fingerprint density at radius 1 is 1.10 bits per heavy atom. The van der Waals surface area contributed by atoms with Gasteiger partial charge in [0.25, 0.3) is 5.56 Å². The standard InChI is InChI=1S/C24H25N3O4/c1-17-11-20(29-14-21-25-9-2-10-26-21)12-22(28)27(17)13-18-3-5-19(6-4-18)23-30-15-24(7-8-24)16-31-23/h2-6,9-12,23H,7-8,13-16H2,1H3. The molecule has 1 saturated carbocycles. The summed E-state index contributed by atoms with van der Waals surface area (Å²) in [5.74, 6) is 1.09. The molecule has 1 aromatic carbocycles. The van der Waals surface area contributed by atoms with Crippen molar-refractivity contribution in [2.24, 2.45) is 5.41 Å². The Kier molecular flexibility index (Phi) is 5.29. The molecule has 2 aliphatic rings. The van der Waals surface area contributed by atoms with Crippen molar-refractivity contribution in [1.29, 1.82) is 0 Å². The molecule has 31 heavy (non-hydrogen) atoms. The van der Waals surface area contributed by atoms with Crippen molar-refractivity contribution in [2.75, 3.05) is 13.2 Å². The molecule has 0 N–H and O–H groups in total. The van der Waals surface area contributed by atoms with Crippen LogP contribution in [0.25, 0.3) is 0 Å². The largest absolute Gasteiger partial charge is 0.485 e. The van der Waals surface area contributed by atoms with E-state index in [9.17, 15) is 4.79 Å². The summed E-state index contributed by atoms with van der Waals surface area (Å²) >= 11 is 0. The molecule has 3 heterocycles. The third-order valence-corrected chi connectivity index (χ3v) is 5.93. The summed E-state index contributed by atoms with van der Waals surface area (Å²) in [6.07, 6.45) is 5.44. The average molecular weight is 419 g/mol. The van der Waals surface area contributed by atoms with Crippen LogP contribution in [0.1, 0.15) is 41.8 Å². The van der Waals surface area contributed by atoms with Gasteiger partial charge in [0.15, 0.2) is 12.1 Å². The minimum atomic E-state index is -0.297. The number of rotatable bonds is 6. The van der Waals surface area contributed by atoms with Gasteiger partial charge in [-0.2, -0.15) is 0 Å². The molecule has 0 bridgehead atoms. The lowest BCUT2D eigenvalue weighted by Crippen LogP contribution is -2.28. The maximum Gasteiger partial charge on any atom is 0.254 e. The van der Waals surface area contributed by atoms with Crippen LogP contribution in [0.5, 0.6) is 5.75 Å². The quantitative estimate of drug-likeness (QED) is 0.610. The fourth-order valence-electron chi connectivity index (χ4n) is 3.75. The van der Waals surface area contributed by atoms with E-state index in [2.05, 4.69) is 9.97 Å². The smallest absolute Gasteiger partial charge is 0.254 e. The summed E-state index contributed by atoms with van der Waals surface area (Å²) in [5, 5.41) is 0. The van der Waals surface area contributed by atoms with Gasteiger partial charge in [-0.1, -0.05) is 24.3 Å². The monoisotopic (exact) mass is 419 g/mol. The van der Waals surface area contributed by atoms with E-state index in [4.69, 9.17) is 14.2 Å². The lowest BCUT2D eigenvalue weighted by atomic mass is 10.1.